The molecule has 1 aromatic heterocycles. The first-order valence-corrected chi connectivity index (χ1v) is 10.6. The van der Waals surface area contributed by atoms with E-state index in [1.54, 1.807) is 23.6 Å². The molecular formula is C22H17ClN2O4S. The number of nitrogens with zero attached hydrogens (tertiary/aromatic N) is 2. The third-order valence-corrected chi connectivity index (χ3v) is 6.85. The number of aromatic nitrogens is 1. The van der Waals surface area contributed by atoms with Crippen molar-refractivity contribution < 1.29 is 14.3 Å². The second kappa shape index (κ2) is 6.82. The molecule has 6 nitrogen and oxygen atoms in total. The van der Waals surface area contributed by atoms with Crippen LogP contribution in [-0.4, -0.2) is 23.4 Å². The highest BCUT2D eigenvalue weighted by Crippen LogP contribution is 2.47. The number of carbonyl (C=O) groups is 1. The number of para-hydroxylation sites is 1. The zero-order chi connectivity index (χ0) is 21.0. The van der Waals surface area contributed by atoms with Gasteiger partial charge in [0.15, 0.2) is 4.80 Å². The third-order valence-electron chi connectivity index (χ3n) is 5.53. The summed E-state index contributed by atoms with van der Waals surface area (Å²) in [5, 5.41) is 0.553. The van der Waals surface area contributed by atoms with Crippen molar-refractivity contribution in [3.63, 3.8) is 0 Å². The molecule has 0 aliphatic carbocycles. The van der Waals surface area contributed by atoms with Crippen LogP contribution in [0.5, 0.6) is 5.75 Å². The molecule has 2 aliphatic heterocycles. The average Bonchev–Trinajstić information content (AvgIpc) is 3.02. The minimum Gasteiger partial charge on any atom is -0.469 e. The van der Waals surface area contributed by atoms with Gasteiger partial charge in [-0.1, -0.05) is 59.3 Å². The molecule has 0 saturated carbocycles. The third kappa shape index (κ3) is 2.73. The number of fused-ring (bicyclic) bond motifs is 6. The van der Waals surface area contributed by atoms with E-state index in [0.29, 0.717) is 20.1 Å². The van der Waals surface area contributed by atoms with Crippen LogP contribution in [0.3, 0.4) is 0 Å². The number of carbonyl (C=O) groups excluding carboxylic acids is 1. The number of hydrogen-bond donors (Lipinski definition) is 0. The molecule has 0 N–H and O–H groups in total. The van der Waals surface area contributed by atoms with Crippen molar-refractivity contribution in [3.8, 4) is 5.75 Å². The summed E-state index contributed by atoms with van der Waals surface area (Å²) in [6.45, 7) is 1.75. The Morgan fingerprint density at radius 1 is 1.27 bits per heavy atom. The van der Waals surface area contributed by atoms with E-state index in [4.69, 9.17) is 26.1 Å². The molecule has 3 atom stereocenters. The van der Waals surface area contributed by atoms with Gasteiger partial charge in [-0.2, -0.15) is 0 Å². The van der Waals surface area contributed by atoms with Gasteiger partial charge in [-0.05, 0) is 30.7 Å². The van der Waals surface area contributed by atoms with Crippen LogP contribution in [0.2, 0.25) is 5.02 Å². The molecular weight excluding hydrogens is 424 g/mol. The van der Waals surface area contributed by atoms with E-state index in [1.165, 1.54) is 18.4 Å². The summed E-state index contributed by atoms with van der Waals surface area (Å²) in [6, 6.07) is 14.1. The summed E-state index contributed by atoms with van der Waals surface area (Å²) in [5.74, 6) is -0.652. The zero-order valence-corrected chi connectivity index (χ0v) is 17.7. The lowest BCUT2D eigenvalue weighted by molar-refractivity contribution is -0.158. The smallest absolute Gasteiger partial charge is 0.317 e. The largest absolute Gasteiger partial charge is 0.469 e. The molecule has 3 aromatic rings. The van der Waals surface area contributed by atoms with Crippen molar-refractivity contribution in [1.82, 2.24) is 4.57 Å². The number of halogens is 1. The van der Waals surface area contributed by atoms with Gasteiger partial charge in [-0.15, -0.1) is 0 Å². The monoisotopic (exact) mass is 440 g/mol. The van der Waals surface area contributed by atoms with Crippen LogP contribution in [0, 0.1) is 5.92 Å². The maximum atomic E-state index is 13.4. The fraction of sp³-hybridized carbons (Fsp3) is 0.227. The van der Waals surface area contributed by atoms with E-state index < -0.39 is 23.7 Å². The van der Waals surface area contributed by atoms with Crippen LogP contribution in [0.15, 0.2) is 58.3 Å². The van der Waals surface area contributed by atoms with E-state index in [-0.39, 0.29) is 5.56 Å². The van der Waals surface area contributed by atoms with Crippen molar-refractivity contribution in [2.24, 2.45) is 10.9 Å². The van der Waals surface area contributed by atoms with Gasteiger partial charge >= 0.3 is 5.97 Å². The Balaban J connectivity index is 1.81. The van der Waals surface area contributed by atoms with Crippen LogP contribution in [0.1, 0.15) is 24.1 Å². The van der Waals surface area contributed by atoms with E-state index in [2.05, 4.69) is 0 Å². The van der Waals surface area contributed by atoms with Gasteiger partial charge in [-0.3, -0.25) is 14.2 Å². The summed E-state index contributed by atoms with van der Waals surface area (Å²) in [7, 11) is 1.33. The lowest BCUT2D eigenvalue weighted by Gasteiger charge is -2.44. The Morgan fingerprint density at radius 3 is 2.77 bits per heavy atom. The molecule has 2 unspecified atom stereocenters. The molecule has 0 saturated heterocycles. The number of methoxy groups -OCH3 is 1. The molecule has 2 aromatic carbocycles. The first-order valence-electron chi connectivity index (χ1n) is 9.36. The molecule has 0 spiro atoms. The highest BCUT2D eigenvalue weighted by Gasteiger charge is 2.55. The lowest BCUT2D eigenvalue weighted by atomic mass is 9.81. The molecule has 30 heavy (non-hydrogen) atoms. The zero-order valence-electron chi connectivity index (χ0n) is 16.2. The van der Waals surface area contributed by atoms with E-state index in [9.17, 15) is 9.59 Å². The van der Waals surface area contributed by atoms with Crippen LogP contribution in [-0.2, 0) is 9.53 Å². The van der Waals surface area contributed by atoms with Gasteiger partial charge in [0.05, 0.1) is 17.7 Å². The van der Waals surface area contributed by atoms with Gasteiger partial charge < -0.3 is 9.47 Å². The number of rotatable bonds is 2. The van der Waals surface area contributed by atoms with E-state index in [1.807, 2.05) is 42.5 Å². The first kappa shape index (κ1) is 19.1. The minimum atomic E-state index is -1.18. The Bertz CT molecular complexity index is 1360. The molecule has 0 amide bonds. The highest BCUT2D eigenvalue weighted by molar-refractivity contribution is 7.07. The van der Waals surface area contributed by atoms with E-state index in [0.717, 1.165) is 11.1 Å². The van der Waals surface area contributed by atoms with Gasteiger partial charge in [0.1, 0.15) is 11.7 Å². The molecule has 2 aliphatic rings. The predicted octanol–water partition coefficient (Wildman–Crippen LogP) is 2.51. The summed E-state index contributed by atoms with van der Waals surface area (Å²) in [4.78, 5) is 31.4. The van der Waals surface area contributed by atoms with E-state index >= 15 is 0 Å². The number of thiazole rings is 1. The lowest BCUT2D eigenvalue weighted by Crippen LogP contribution is -2.58. The van der Waals surface area contributed by atoms with Crippen LogP contribution >= 0.6 is 22.9 Å². The molecule has 5 rings (SSSR count). The Labute approximate surface area is 180 Å². The van der Waals surface area contributed by atoms with Gasteiger partial charge in [0, 0.05) is 10.6 Å². The average molecular weight is 441 g/mol. The van der Waals surface area contributed by atoms with Crippen molar-refractivity contribution in [2.75, 3.05) is 7.11 Å². The second-order valence-corrected chi connectivity index (χ2v) is 8.76. The summed E-state index contributed by atoms with van der Waals surface area (Å²) < 4.78 is 13.3. The minimum absolute atomic E-state index is 0.226. The van der Waals surface area contributed by atoms with Gasteiger partial charge in [0.2, 0.25) is 5.72 Å². The molecule has 0 radical (unpaired) electrons. The molecule has 3 heterocycles. The molecule has 0 fully saturated rings. The number of hydrogen-bond acceptors (Lipinski definition) is 6. The van der Waals surface area contributed by atoms with Crippen molar-refractivity contribution in [2.45, 2.75) is 18.7 Å². The Hall–Kier alpha value is -2.90. The summed E-state index contributed by atoms with van der Waals surface area (Å²) in [6.07, 6.45) is 1.75. The predicted molar refractivity (Wildman–Crippen MR) is 113 cm³/mol. The number of benzene rings is 2. The maximum absolute atomic E-state index is 13.4. The fourth-order valence-corrected chi connectivity index (χ4v) is 5.44. The summed E-state index contributed by atoms with van der Waals surface area (Å²) >= 11 is 7.53. The van der Waals surface area contributed by atoms with Crippen LogP contribution < -0.4 is 19.6 Å². The molecule has 8 heteroatoms. The van der Waals surface area contributed by atoms with Crippen molar-refractivity contribution >= 4 is 35.0 Å². The standard InChI is InChI=1S/C22H17ClN2O4S/c1-22-17(20(27)28-2)18(13-8-4-6-10-15(13)29-22)25-19(26)16(30-21(25)24-22)11-12-7-3-5-9-14(12)23/h3-11,17-18H,1-2H3/t17?,18?,22-/m1/s1. The SMILES string of the molecule is COC(=O)C1C2c3ccccc3O[C@@]1(C)N=c1sc(=Cc3ccccc3Cl)c(=O)n12. The Kier molecular flexibility index (Phi) is 4.34. The normalized spacial score (nSPS) is 24.3. The van der Waals surface area contributed by atoms with Crippen LogP contribution in [0.4, 0.5) is 0 Å². The highest BCUT2D eigenvalue weighted by atomic mass is 35.5. The van der Waals surface area contributed by atoms with Crippen LogP contribution in [0.25, 0.3) is 6.08 Å². The quantitative estimate of drug-likeness (QED) is 0.574. The first-order chi connectivity index (χ1) is 14.4. The topological polar surface area (TPSA) is 69.9 Å². The van der Waals surface area contributed by atoms with Gasteiger partial charge in [-0.25, -0.2) is 4.99 Å². The molecule has 2 bridgehead atoms. The Morgan fingerprint density at radius 2 is 2.00 bits per heavy atom. The fourth-order valence-electron chi connectivity index (χ4n) is 4.16. The van der Waals surface area contributed by atoms with Crippen molar-refractivity contribution in [3.05, 3.63) is 84.4 Å². The second-order valence-electron chi connectivity index (χ2n) is 7.34. The maximum Gasteiger partial charge on any atom is 0.317 e. The van der Waals surface area contributed by atoms with Crippen molar-refractivity contribution in [1.29, 1.82) is 0 Å². The van der Waals surface area contributed by atoms with Gasteiger partial charge in [0.25, 0.3) is 5.56 Å². The number of esters is 1. The summed E-state index contributed by atoms with van der Waals surface area (Å²) in [5.41, 5.74) is 0.0956. The molecule has 152 valence electrons. The number of ether oxygens (including phenoxy) is 2.